The fraction of sp³-hybridized carbons (Fsp3) is 0.150. The summed E-state index contributed by atoms with van der Waals surface area (Å²) in [5.74, 6) is -1.27. The molecular formula is C20H19ClFN3O2. The van der Waals surface area contributed by atoms with Crippen LogP contribution in [0.25, 0.3) is 5.70 Å². The lowest BCUT2D eigenvalue weighted by Crippen LogP contribution is -2.18. The van der Waals surface area contributed by atoms with Gasteiger partial charge in [0.25, 0.3) is 0 Å². The second kappa shape index (κ2) is 9.09. The highest BCUT2D eigenvalue weighted by Crippen LogP contribution is 2.24. The number of rotatable bonds is 5. The van der Waals surface area contributed by atoms with Crippen molar-refractivity contribution in [2.24, 2.45) is 10.1 Å². The summed E-state index contributed by atoms with van der Waals surface area (Å²) in [5, 5.41) is 15.5. The third kappa shape index (κ3) is 5.24. The van der Waals surface area contributed by atoms with Crippen molar-refractivity contribution in [3.05, 3.63) is 76.1 Å². The van der Waals surface area contributed by atoms with Gasteiger partial charge in [0, 0.05) is 23.2 Å². The number of amidine groups is 1. The van der Waals surface area contributed by atoms with Crippen molar-refractivity contribution < 1.29 is 14.3 Å². The number of hydrogen-bond acceptors (Lipinski definition) is 3. The molecule has 0 aromatic heterocycles. The molecule has 0 radical (unpaired) electrons. The number of benzene rings is 2. The molecule has 0 spiro atoms. The van der Waals surface area contributed by atoms with Crippen LogP contribution in [-0.4, -0.2) is 35.2 Å². The van der Waals surface area contributed by atoms with Gasteiger partial charge in [-0.05, 0) is 38.1 Å². The predicted octanol–water partition coefficient (Wildman–Crippen LogP) is 4.92. The van der Waals surface area contributed by atoms with Crippen molar-refractivity contribution >= 4 is 35.3 Å². The minimum atomic E-state index is -1.22. The molecule has 0 aliphatic carbocycles. The Hall–Kier alpha value is -2.99. The van der Waals surface area contributed by atoms with Crippen LogP contribution >= 0.6 is 11.6 Å². The number of aromatic carboxylic acids is 1. The van der Waals surface area contributed by atoms with E-state index in [2.05, 4.69) is 10.1 Å². The van der Waals surface area contributed by atoms with E-state index >= 15 is 0 Å². The number of hydrogen-bond donors (Lipinski definition) is 1. The molecule has 1 N–H and O–H groups in total. The smallest absolute Gasteiger partial charge is 0.336 e. The molecule has 2 aromatic rings. The number of nitrogens with zero attached hydrogens (tertiary/aromatic N) is 3. The van der Waals surface area contributed by atoms with Crippen LogP contribution in [0.5, 0.6) is 0 Å². The maximum Gasteiger partial charge on any atom is 0.336 e. The Morgan fingerprint density at radius 3 is 2.56 bits per heavy atom. The summed E-state index contributed by atoms with van der Waals surface area (Å²) >= 11 is 6.22. The van der Waals surface area contributed by atoms with E-state index in [-0.39, 0.29) is 5.56 Å². The molecule has 0 heterocycles. The molecule has 0 amide bonds. The lowest BCUT2D eigenvalue weighted by molar-refractivity contribution is 0.0696. The van der Waals surface area contributed by atoms with Crippen LogP contribution in [-0.2, 0) is 0 Å². The Kier molecular flexibility index (Phi) is 6.85. The maximum atomic E-state index is 13.3. The van der Waals surface area contributed by atoms with Crippen molar-refractivity contribution in [3.63, 3.8) is 0 Å². The molecule has 2 rings (SSSR count). The van der Waals surface area contributed by atoms with E-state index in [4.69, 9.17) is 11.6 Å². The Morgan fingerprint density at radius 1 is 1.22 bits per heavy atom. The second-order valence-corrected chi connectivity index (χ2v) is 6.02. The Labute approximate surface area is 162 Å². The number of carboxylic acids is 1. The predicted molar refractivity (Wildman–Crippen MR) is 107 cm³/mol. The van der Waals surface area contributed by atoms with Gasteiger partial charge < -0.3 is 5.11 Å². The van der Waals surface area contributed by atoms with Gasteiger partial charge in [-0.15, -0.1) is 0 Å². The summed E-state index contributed by atoms with van der Waals surface area (Å²) < 4.78 is 13.3. The summed E-state index contributed by atoms with van der Waals surface area (Å²) in [4.78, 5) is 15.8. The zero-order chi connectivity index (χ0) is 20.0. The van der Waals surface area contributed by atoms with Crippen LogP contribution in [0.2, 0.25) is 5.02 Å². The Morgan fingerprint density at radius 2 is 1.93 bits per heavy atom. The molecular weight excluding hydrogens is 369 g/mol. The molecule has 140 valence electrons. The first-order valence-electron chi connectivity index (χ1n) is 8.10. The first-order chi connectivity index (χ1) is 12.8. The second-order valence-electron chi connectivity index (χ2n) is 5.62. The van der Waals surface area contributed by atoms with Gasteiger partial charge in [-0.2, -0.15) is 5.10 Å². The molecule has 0 aliphatic rings. The standard InChI is InChI=1S/C20H19ClFN3O2/c1-4-19(16-7-5-6-8-18(16)21)24-13(2)25(3)23-12-14-9-10-15(22)11-17(14)20(26)27/h4-12H,1-3H3,(H,26,27)/b19-4-,23-12+,24-13+. The van der Waals surface area contributed by atoms with E-state index in [1.54, 1.807) is 20.0 Å². The lowest BCUT2D eigenvalue weighted by Gasteiger charge is -2.14. The molecule has 0 bridgehead atoms. The Bertz CT molecular complexity index is 939. The molecule has 0 saturated carbocycles. The minimum Gasteiger partial charge on any atom is -0.478 e. The SMILES string of the molecule is C/C=C(\N=C(/C)N(C)/N=C/c1ccc(F)cc1C(=O)O)c1ccccc1Cl. The largest absolute Gasteiger partial charge is 0.478 e. The van der Waals surface area contributed by atoms with Gasteiger partial charge in [-0.25, -0.2) is 14.2 Å². The van der Waals surface area contributed by atoms with E-state index in [1.165, 1.54) is 23.4 Å². The van der Waals surface area contributed by atoms with Crippen molar-refractivity contribution in [2.75, 3.05) is 7.05 Å². The molecule has 0 fully saturated rings. The van der Waals surface area contributed by atoms with Crippen LogP contribution in [0.4, 0.5) is 4.39 Å². The number of aliphatic imine (C=N–C) groups is 1. The number of carboxylic acid groups (broad SMARTS) is 1. The number of carbonyl (C=O) groups is 1. The highest BCUT2D eigenvalue weighted by molar-refractivity contribution is 6.32. The minimum absolute atomic E-state index is 0.160. The summed E-state index contributed by atoms with van der Waals surface area (Å²) in [5.41, 5.74) is 1.62. The van der Waals surface area contributed by atoms with Gasteiger partial charge in [-0.3, -0.25) is 5.01 Å². The van der Waals surface area contributed by atoms with Gasteiger partial charge >= 0.3 is 5.97 Å². The van der Waals surface area contributed by atoms with Gasteiger partial charge in [-0.1, -0.05) is 35.9 Å². The molecule has 5 nitrogen and oxygen atoms in total. The average molecular weight is 388 g/mol. The summed E-state index contributed by atoms with van der Waals surface area (Å²) in [6, 6.07) is 10.9. The van der Waals surface area contributed by atoms with E-state index in [1.807, 2.05) is 31.2 Å². The lowest BCUT2D eigenvalue weighted by atomic mass is 10.1. The van der Waals surface area contributed by atoms with E-state index in [9.17, 15) is 14.3 Å². The first-order valence-corrected chi connectivity index (χ1v) is 8.48. The number of allylic oxidation sites excluding steroid dienone is 1. The van der Waals surface area contributed by atoms with Crippen molar-refractivity contribution in [3.8, 4) is 0 Å². The Balaban J connectivity index is 2.26. The normalized spacial score (nSPS) is 12.5. The maximum absolute atomic E-state index is 13.3. The molecule has 0 unspecified atom stereocenters. The van der Waals surface area contributed by atoms with E-state index in [0.717, 1.165) is 11.6 Å². The van der Waals surface area contributed by atoms with Crippen molar-refractivity contribution in [2.45, 2.75) is 13.8 Å². The van der Waals surface area contributed by atoms with Gasteiger partial charge in [0.15, 0.2) is 0 Å². The fourth-order valence-corrected chi connectivity index (χ4v) is 2.49. The average Bonchev–Trinajstić information content (AvgIpc) is 2.65. The quantitative estimate of drug-likeness (QED) is 0.449. The van der Waals surface area contributed by atoms with Crippen LogP contribution in [0, 0.1) is 5.82 Å². The molecule has 27 heavy (non-hydrogen) atoms. The third-order valence-electron chi connectivity index (χ3n) is 3.79. The molecule has 0 atom stereocenters. The van der Waals surface area contributed by atoms with Crippen LogP contribution in [0.15, 0.2) is 58.6 Å². The van der Waals surface area contributed by atoms with Crippen LogP contribution in [0.1, 0.15) is 35.3 Å². The van der Waals surface area contributed by atoms with Crippen LogP contribution < -0.4 is 0 Å². The van der Waals surface area contributed by atoms with E-state index in [0.29, 0.717) is 22.1 Å². The molecule has 0 aliphatic heterocycles. The molecule has 2 aromatic carbocycles. The highest BCUT2D eigenvalue weighted by Gasteiger charge is 2.10. The number of hydrazone groups is 1. The summed E-state index contributed by atoms with van der Waals surface area (Å²) in [6.07, 6.45) is 3.19. The monoisotopic (exact) mass is 387 g/mol. The zero-order valence-corrected chi connectivity index (χ0v) is 15.9. The third-order valence-corrected chi connectivity index (χ3v) is 4.12. The fourth-order valence-electron chi connectivity index (χ4n) is 2.25. The highest BCUT2D eigenvalue weighted by atomic mass is 35.5. The van der Waals surface area contributed by atoms with Gasteiger partial charge in [0.1, 0.15) is 11.7 Å². The zero-order valence-electron chi connectivity index (χ0n) is 15.1. The molecule has 0 saturated heterocycles. The summed E-state index contributed by atoms with van der Waals surface area (Å²) in [7, 11) is 1.68. The van der Waals surface area contributed by atoms with Crippen LogP contribution in [0.3, 0.4) is 0 Å². The summed E-state index contributed by atoms with van der Waals surface area (Å²) in [6.45, 7) is 3.62. The van der Waals surface area contributed by atoms with Crippen molar-refractivity contribution in [1.82, 2.24) is 5.01 Å². The topological polar surface area (TPSA) is 65.3 Å². The molecule has 7 heteroatoms. The van der Waals surface area contributed by atoms with Crippen molar-refractivity contribution in [1.29, 1.82) is 0 Å². The first kappa shape index (κ1) is 20.3. The van der Waals surface area contributed by atoms with E-state index < -0.39 is 11.8 Å². The van der Waals surface area contributed by atoms with Gasteiger partial charge in [0.2, 0.25) is 0 Å². The van der Waals surface area contributed by atoms with Gasteiger partial charge in [0.05, 0.1) is 17.5 Å². The number of halogens is 2.